The number of benzene rings is 3. The first-order valence-electron chi connectivity index (χ1n) is 13.1. The van der Waals surface area contributed by atoms with Crippen LogP contribution in [-0.2, 0) is 19.1 Å². The molecule has 1 heterocycles. The van der Waals surface area contributed by atoms with E-state index in [4.69, 9.17) is 9.47 Å². The summed E-state index contributed by atoms with van der Waals surface area (Å²) >= 11 is 0. The predicted molar refractivity (Wildman–Crippen MR) is 143 cm³/mol. The minimum atomic E-state index is -0.679. The number of carbonyl (C=O) groups excluding carboxylic acids is 4. The van der Waals surface area contributed by atoms with Gasteiger partial charge < -0.3 is 14.8 Å². The van der Waals surface area contributed by atoms with E-state index in [-0.39, 0.29) is 41.0 Å². The fraction of sp³-hybridized carbons (Fsp3) is 0.290. The maximum atomic E-state index is 13.5. The second-order valence-electron chi connectivity index (χ2n) is 10.4. The molecule has 1 saturated heterocycles. The van der Waals surface area contributed by atoms with Crippen molar-refractivity contribution in [3.63, 3.8) is 0 Å². The average molecular weight is 525 g/mol. The van der Waals surface area contributed by atoms with Gasteiger partial charge in [0, 0.05) is 11.8 Å². The lowest BCUT2D eigenvalue weighted by atomic mass is 9.73. The Balaban J connectivity index is 1.09. The summed E-state index contributed by atoms with van der Waals surface area (Å²) in [6.45, 7) is -0.463. The second kappa shape index (κ2) is 10.0. The third kappa shape index (κ3) is 4.46. The lowest BCUT2D eigenvalue weighted by Gasteiger charge is -2.28. The zero-order valence-corrected chi connectivity index (χ0v) is 21.4. The van der Waals surface area contributed by atoms with E-state index in [1.54, 1.807) is 36.4 Å². The zero-order valence-electron chi connectivity index (χ0n) is 21.4. The number of carbonyl (C=O) groups is 4. The largest absolute Gasteiger partial charge is 0.497 e. The summed E-state index contributed by atoms with van der Waals surface area (Å²) in [7, 11) is 1.53. The Labute approximate surface area is 225 Å². The molecule has 0 aromatic heterocycles. The van der Waals surface area contributed by atoms with Crippen molar-refractivity contribution in [2.75, 3.05) is 23.9 Å². The minimum Gasteiger partial charge on any atom is -0.497 e. The van der Waals surface area contributed by atoms with E-state index in [0.29, 0.717) is 23.0 Å². The fourth-order valence-corrected chi connectivity index (χ4v) is 6.66. The van der Waals surface area contributed by atoms with Crippen molar-refractivity contribution < 1.29 is 28.7 Å². The first-order valence-corrected chi connectivity index (χ1v) is 13.1. The van der Waals surface area contributed by atoms with Crippen LogP contribution in [0.4, 0.5) is 11.4 Å². The number of hydrogen-bond acceptors (Lipinski definition) is 6. The van der Waals surface area contributed by atoms with Gasteiger partial charge in [-0.3, -0.25) is 19.3 Å². The molecule has 2 aliphatic carbocycles. The topological polar surface area (TPSA) is 102 Å². The molecular formula is C31H28N2O6. The van der Waals surface area contributed by atoms with Crippen LogP contribution in [0.2, 0.25) is 0 Å². The highest BCUT2D eigenvalue weighted by molar-refractivity contribution is 6.22. The van der Waals surface area contributed by atoms with E-state index >= 15 is 0 Å². The van der Waals surface area contributed by atoms with Crippen molar-refractivity contribution in [1.82, 2.24) is 0 Å². The molecule has 3 aromatic carbocycles. The number of anilines is 2. The van der Waals surface area contributed by atoms with Crippen LogP contribution in [0.3, 0.4) is 0 Å². The molecule has 1 N–H and O–H groups in total. The molecule has 0 spiro atoms. The van der Waals surface area contributed by atoms with Gasteiger partial charge in [-0.2, -0.15) is 0 Å². The first kappa shape index (κ1) is 24.9. The minimum absolute atomic E-state index is 0.145. The molecule has 0 unspecified atom stereocenters. The van der Waals surface area contributed by atoms with Gasteiger partial charge in [-0.25, -0.2) is 4.79 Å². The number of rotatable bonds is 7. The van der Waals surface area contributed by atoms with Gasteiger partial charge in [0.15, 0.2) is 6.61 Å². The van der Waals surface area contributed by atoms with Gasteiger partial charge in [-0.1, -0.05) is 36.4 Å². The van der Waals surface area contributed by atoms with Crippen LogP contribution in [0.5, 0.6) is 5.75 Å². The number of ether oxygens (including phenoxy) is 2. The Bertz CT molecular complexity index is 1440. The highest BCUT2D eigenvalue weighted by Gasteiger charge is 2.64. The number of hydrogen-bond donors (Lipinski definition) is 1. The van der Waals surface area contributed by atoms with Crippen LogP contribution < -0.4 is 15.0 Å². The van der Waals surface area contributed by atoms with E-state index in [9.17, 15) is 19.2 Å². The molecule has 6 rings (SSSR count). The van der Waals surface area contributed by atoms with Crippen molar-refractivity contribution >= 4 is 35.1 Å². The van der Waals surface area contributed by atoms with Crippen molar-refractivity contribution in [3.8, 4) is 5.75 Å². The molecule has 0 radical (unpaired) electrons. The molecule has 39 heavy (non-hydrogen) atoms. The standard InChI is InChI=1S/C31H28N2O6/c1-38-23-9-5-8-21(16-23)32-26(34)17-39-31(37)19-10-12-22(13-11-19)33-29(35)27-20-14-24(18-6-3-2-4-7-18)25(15-20)28(27)30(33)36/h2-13,16,20,24-25,27-28H,14-15,17H2,1H3,(H,32,34)/t20-,24-,25+,27+,28+/m0/s1. The summed E-state index contributed by atoms with van der Waals surface area (Å²) < 4.78 is 10.3. The quantitative estimate of drug-likeness (QED) is 0.363. The molecule has 8 nitrogen and oxygen atoms in total. The average Bonchev–Trinajstić information content (AvgIpc) is 3.63. The first-order chi connectivity index (χ1) is 18.9. The third-order valence-electron chi connectivity index (χ3n) is 8.29. The van der Waals surface area contributed by atoms with Gasteiger partial charge in [0.1, 0.15) is 5.75 Å². The van der Waals surface area contributed by atoms with Gasteiger partial charge in [0.25, 0.3) is 5.91 Å². The molecular weight excluding hydrogens is 496 g/mol. The number of esters is 1. The van der Waals surface area contributed by atoms with Crippen LogP contribution in [0.15, 0.2) is 78.9 Å². The Kier molecular flexibility index (Phi) is 6.38. The van der Waals surface area contributed by atoms with E-state index in [2.05, 4.69) is 17.4 Å². The predicted octanol–water partition coefficient (Wildman–Crippen LogP) is 4.42. The van der Waals surface area contributed by atoms with Crippen LogP contribution in [0.25, 0.3) is 0 Å². The van der Waals surface area contributed by atoms with Crippen molar-refractivity contribution in [1.29, 1.82) is 0 Å². The summed E-state index contributed by atoms with van der Waals surface area (Å²) in [5, 5.41) is 2.65. The molecule has 8 heteroatoms. The molecule has 3 fully saturated rings. The van der Waals surface area contributed by atoms with Crippen molar-refractivity contribution in [2.24, 2.45) is 23.7 Å². The van der Waals surface area contributed by atoms with E-state index in [0.717, 1.165) is 12.8 Å². The molecule has 3 aromatic rings. The number of nitrogens with zero attached hydrogens (tertiary/aromatic N) is 1. The van der Waals surface area contributed by atoms with E-state index < -0.39 is 18.5 Å². The second-order valence-corrected chi connectivity index (χ2v) is 10.4. The van der Waals surface area contributed by atoms with Crippen LogP contribution >= 0.6 is 0 Å². The highest BCUT2D eigenvalue weighted by atomic mass is 16.5. The van der Waals surface area contributed by atoms with Gasteiger partial charge in [0.2, 0.25) is 11.8 Å². The Hall–Kier alpha value is -4.46. The van der Waals surface area contributed by atoms with Crippen LogP contribution in [0.1, 0.15) is 34.7 Å². The number of fused-ring (bicyclic) bond motifs is 5. The maximum absolute atomic E-state index is 13.5. The lowest BCUT2D eigenvalue weighted by molar-refractivity contribution is -0.123. The zero-order chi connectivity index (χ0) is 27.1. The normalized spacial score (nSPS) is 24.9. The molecule has 3 aliphatic rings. The molecule has 5 atom stereocenters. The number of imide groups is 1. The van der Waals surface area contributed by atoms with Crippen molar-refractivity contribution in [2.45, 2.75) is 18.8 Å². The van der Waals surface area contributed by atoms with Gasteiger partial charge in [-0.05, 0) is 72.6 Å². The maximum Gasteiger partial charge on any atom is 0.338 e. The van der Waals surface area contributed by atoms with Gasteiger partial charge in [-0.15, -0.1) is 0 Å². The summed E-state index contributed by atoms with van der Waals surface area (Å²) in [6, 6.07) is 23.3. The molecule has 198 valence electrons. The Morgan fingerprint density at radius 1 is 0.897 bits per heavy atom. The van der Waals surface area contributed by atoms with Crippen LogP contribution in [-0.4, -0.2) is 37.4 Å². The smallest absolute Gasteiger partial charge is 0.338 e. The Morgan fingerprint density at radius 3 is 2.38 bits per heavy atom. The third-order valence-corrected chi connectivity index (χ3v) is 8.29. The number of amides is 3. The Morgan fingerprint density at radius 2 is 1.64 bits per heavy atom. The number of methoxy groups -OCH3 is 1. The molecule has 1 aliphatic heterocycles. The van der Waals surface area contributed by atoms with Gasteiger partial charge >= 0.3 is 5.97 Å². The SMILES string of the molecule is COc1cccc(NC(=O)COC(=O)c2ccc(N3C(=O)[C@@H]4[C@@H]5C[C@@H]([C@H]4C3=O)[C@H](c3ccccc3)C5)cc2)c1. The van der Waals surface area contributed by atoms with Crippen molar-refractivity contribution in [3.05, 3.63) is 90.0 Å². The lowest BCUT2D eigenvalue weighted by Crippen LogP contribution is -2.33. The molecule has 2 saturated carbocycles. The summed E-state index contributed by atoms with van der Waals surface area (Å²) in [5.74, 6) is -0.760. The fourth-order valence-electron chi connectivity index (χ4n) is 6.66. The monoisotopic (exact) mass is 524 g/mol. The summed E-state index contributed by atoms with van der Waals surface area (Å²) in [4.78, 5) is 52.9. The van der Waals surface area contributed by atoms with Gasteiger partial charge in [0.05, 0.1) is 30.2 Å². The molecule has 3 amide bonds. The van der Waals surface area contributed by atoms with Crippen LogP contribution in [0, 0.1) is 23.7 Å². The summed E-state index contributed by atoms with van der Waals surface area (Å²) in [5.41, 5.74) is 2.42. The summed E-state index contributed by atoms with van der Waals surface area (Å²) in [6.07, 6.45) is 1.84. The van der Waals surface area contributed by atoms with E-state index in [1.165, 1.54) is 29.7 Å². The highest BCUT2D eigenvalue weighted by Crippen LogP contribution is 2.61. The number of nitrogens with one attached hydrogen (secondary N) is 1. The molecule has 2 bridgehead atoms. The van der Waals surface area contributed by atoms with E-state index in [1.807, 2.05) is 18.2 Å².